The van der Waals surface area contributed by atoms with Gasteiger partial charge in [0.15, 0.2) is 0 Å². The lowest BCUT2D eigenvalue weighted by atomic mass is 10.8. The lowest BCUT2D eigenvalue weighted by Gasteiger charge is -1.93. The predicted octanol–water partition coefficient (Wildman–Crippen LogP) is 0.653. The molecule has 0 fully saturated rings. The van der Waals surface area contributed by atoms with Crippen molar-refractivity contribution in [1.82, 2.24) is 9.97 Å². The number of hydrogen-bond acceptors (Lipinski definition) is 4. The molecule has 0 amide bonds. The maximum Gasteiger partial charge on any atom is 0.313 e. The molecule has 0 unspecified atom stereocenters. The van der Waals surface area contributed by atoms with Crippen molar-refractivity contribution >= 4 is 17.7 Å². The topological polar surface area (TPSA) is 63.1 Å². The quantitative estimate of drug-likeness (QED) is 0.675. The van der Waals surface area contributed by atoms with Gasteiger partial charge in [-0.1, -0.05) is 11.8 Å². The Morgan fingerprint density at radius 2 is 2.45 bits per heavy atom. The van der Waals surface area contributed by atoms with Gasteiger partial charge in [-0.3, -0.25) is 9.78 Å². The van der Waals surface area contributed by atoms with E-state index in [-0.39, 0.29) is 5.75 Å². The Kier molecular flexibility index (Phi) is 2.85. The summed E-state index contributed by atoms with van der Waals surface area (Å²) in [5, 5.41) is 8.94. The number of carboxylic acid groups (broad SMARTS) is 1. The van der Waals surface area contributed by atoms with Crippen LogP contribution in [0.25, 0.3) is 0 Å². The third kappa shape index (κ3) is 2.99. The van der Waals surface area contributed by atoms with Crippen LogP contribution in [-0.2, 0) is 4.79 Å². The normalized spacial score (nSPS) is 9.45. The van der Waals surface area contributed by atoms with Gasteiger partial charge in [-0.2, -0.15) is 0 Å². The minimum atomic E-state index is -0.847. The second-order valence-corrected chi connectivity index (χ2v) is 2.72. The van der Waals surface area contributed by atoms with Crippen molar-refractivity contribution in [3.63, 3.8) is 0 Å². The van der Waals surface area contributed by atoms with Gasteiger partial charge in [0.05, 0.1) is 11.9 Å². The molecule has 0 spiro atoms. The molecule has 1 N–H and O–H groups in total. The Morgan fingerprint density at radius 3 is 3.00 bits per heavy atom. The Bertz CT molecular complexity index is 240. The summed E-state index contributed by atoms with van der Waals surface area (Å²) in [5.41, 5.74) is 0. The summed E-state index contributed by atoms with van der Waals surface area (Å²) in [6, 6.07) is 0. The number of nitrogens with zero attached hydrogens (tertiary/aromatic N) is 2. The van der Waals surface area contributed by atoms with Crippen LogP contribution >= 0.6 is 11.8 Å². The monoisotopic (exact) mass is 170 g/mol. The molecule has 0 saturated heterocycles. The van der Waals surface area contributed by atoms with E-state index in [1.807, 2.05) is 0 Å². The highest BCUT2D eigenvalue weighted by Gasteiger charge is 1.98. The first kappa shape index (κ1) is 8.00. The van der Waals surface area contributed by atoms with Crippen molar-refractivity contribution in [2.24, 2.45) is 0 Å². The van der Waals surface area contributed by atoms with E-state index in [4.69, 9.17) is 5.11 Å². The molecule has 4 nitrogen and oxygen atoms in total. The molecule has 0 saturated carbocycles. The van der Waals surface area contributed by atoms with Crippen molar-refractivity contribution < 1.29 is 9.90 Å². The average Bonchev–Trinajstić information content (AvgIpc) is 2.03. The largest absolute Gasteiger partial charge is 0.481 e. The summed E-state index contributed by atoms with van der Waals surface area (Å²) in [6.07, 6.45) is 4.61. The molecule has 0 atom stereocenters. The van der Waals surface area contributed by atoms with E-state index in [1.54, 1.807) is 6.20 Å². The molecule has 58 valence electrons. The number of aromatic nitrogens is 2. The summed E-state index contributed by atoms with van der Waals surface area (Å²) >= 11 is 1.16. The van der Waals surface area contributed by atoms with Gasteiger partial charge in [-0.25, -0.2) is 4.98 Å². The Labute approximate surface area is 67.7 Å². The zero-order valence-corrected chi connectivity index (χ0v) is 6.41. The maximum absolute atomic E-state index is 10.1. The van der Waals surface area contributed by atoms with Gasteiger partial charge >= 0.3 is 5.97 Å². The molecule has 1 rings (SSSR count). The molecule has 1 aromatic rings. The minimum Gasteiger partial charge on any atom is -0.481 e. The highest BCUT2D eigenvalue weighted by atomic mass is 32.2. The van der Waals surface area contributed by atoms with Gasteiger partial charge in [0.25, 0.3) is 0 Å². The molecule has 0 aliphatic heterocycles. The molecule has 1 heterocycles. The molecule has 0 radical (unpaired) electrons. The number of hydrogen-bond donors (Lipinski definition) is 1. The number of carbonyl (C=O) groups is 1. The second-order valence-electron chi connectivity index (χ2n) is 1.73. The Balaban J connectivity index is 2.45. The molecular weight excluding hydrogens is 164 g/mol. The van der Waals surface area contributed by atoms with Crippen molar-refractivity contribution in [2.45, 2.75) is 5.03 Å². The van der Waals surface area contributed by atoms with Gasteiger partial charge in [-0.05, 0) is 0 Å². The molecule has 0 aliphatic rings. The highest BCUT2D eigenvalue weighted by molar-refractivity contribution is 7.99. The van der Waals surface area contributed by atoms with Crippen LogP contribution in [0.3, 0.4) is 0 Å². The van der Waals surface area contributed by atoms with Crippen LogP contribution in [0.5, 0.6) is 0 Å². The fourth-order valence-electron chi connectivity index (χ4n) is 0.496. The first-order chi connectivity index (χ1) is 5.29. The summed E-state index contributed by atoms with van der Waals surface area (Å²) in [5.74, 6) is -0.820. The van der Waals surface area contributed by atoms with E-state index in [0.717, 1.165) is 11.8 Å². The zero-order valence-electron chi connectivity index (χ0n) is 5.60. The Hall–Kier alpha value is -1.10. The maximum atomic E-state index is 10.1. The lowest BCUT2D eigenvalue weighted by molar-refractivity contribution is -0.133. The average molecular weight is 170 g/mol. The first-order valence-electron chi connectivity index (χ1n) is 2.89. The van der Waals surface area contributed by atoms with E-state index in [0.29, 0.717) is 5.03 Å². The summed E-state index contributed by atoms with van der Waals surface area (Å²) < 4.78 is 0. The van der Waals surface area contributed by atoms with Gasteiger partial charge in [0.1, 0.15) is 5.03 Å². The van der Waals surface area contributed by atoms with Crippen molar-refractivity contribution in [3.8, 4) is 0 Å². The summed E-state index contributed by atoms with van der Waals surface area (Å²) in [6.45, 7) is 0. The number of aliphatic carboxylic acids is 1. The third-order valence-electron chi connectivity index (χ3n) is 0.883. The van der Waals surface area contributed by atoms with E-state index >= 15 is 0 Å². The molecular formula is C6H6N2O2S. The number of thioether (sulfide) groups is 1. The van der Waals surface area contributed by atoms with Crippen LogP contribution in [0.15, 0.2) is 23.6 Å². The van der Waals surface area contributed by atoms with E-state index in [2.05, 4.69) is 9.97 Å². The third-order valence-corrected chi connectivity index (χ3v) is 1.78. The summed E-state index contributed by atoms with van der Waals surface area (Å²) in [4.78, 5) is 17.8. The van der Waals surface area contributed by atoms with Gasteiger partial charge in [0.2, 0.25) is 0 Å². The van der Waals surface area contributed by atoms with Gasteiger partial charge in [0, 0.05) is 12.4 Å². The van der Waals surface area contributed by atoms with E-state index in [1.165, 1.54) is 12.4 Å². The standard InChI is InChI=1S/C6H6N2O2S/c9-6(10)4-11-5-3-7-1-2-8-5/h1-3H,4H2,(H,9,10). The molecule has 0 bridgehead atoms. The number of carboxylic acids is 1. The van der Waals surface area contributed by atoms with Crippen LogP contribution in [0.2, 0.25) is 0 Å². The predicted molar refractivity (Wildman–Crippen MR) is 40.4 cm³/mol. The van der Waals surface area contributed by atoms with Crippen LogP contribution in [0, 0.1) is 0 Å². The van der Waals surface area contributed by atoms with E-state index in [9.17, 15) is 4.79 Å². The fourth-order valence-corrected chi connectivity index (χ4v) is 1.04. The Morgan fingerprint density at radius 1 is 1.64 bits per heavy atom. The van der Waals surface area contributed by atoms with Gasteiger partial charge in [-0.15, -0.1) is 0 Å². The van der Waals surface area contributed by atoms with Crippen LogP contribution in [-0.4, -0.2) is 26.8 Å². The first-order valence-corrected chi connectivity index (χ1v) is 3.88. The van der Waals surface area contributed by atoms with Crippen LogP contribution < -0.4 is 0 Å². The van der Waals surface area contributed by atoms with Gasteiger partial charge < -0.3 is 5.11 Å². The van der Waals surface area contributed by atoms with Crippen LogP contribution in [0.1, 0.15) is 0 Å². The smallest absolute Gasteiger partial charge is 0.313 e. The van der Waals surface area contributed by atoms with Crippen LogP contribution in [0.4, 0.5) is 0 Å². The SMILES string of the molecule is O=C(O)CSc1cnccn1. The fraction of sp³-hybridized carbons (Fsp3) is 0.167. The van der Waals surface area contributed by atoms with E-state index < -0.39 is 5.97 Å². The zero-order chi connectivity index (χ0) is 8.10. The molecule has 0 aliphatic carbocycles. The molecule has 1 aromatic heterocycles. The molecule has 5 heteroatoms. The molecule has 0 aromatic carbocycles. The molecule has 11 heavy (non-hydrogen) atoms. The highest BCUT2D eigenvalue weighted by Crippen LogP contribution is 2.11. The van der Waals surface area contributed by atoms with Crippen molar-refractivity contribution in [2.75, 3.05) is 5.75 Å². The van der Waals surface area contributed by atoms with Crippen molar-refractivity contribution in [3.05, 3.63) is 18.6 Å². The second kappa shape index (κ2) is 3.92. The summed E-state index contributed by atoms with van der Waals surface area (Å²) in [7, 11) is 0. The minimum absolute atomic E-state index is 0.0265. The number of rotatable bonds is 3. The van der Waals surface area contributed by atoms with Crippen molar-refractivity contribution in [1.29, 1.82) is 0 Å². The lowest BCUT2D eigenvalue weighted by Crippen LogP contribution is -1.97.